The summed E-state index contributed by atoms with van der Waals surface area (Å²) in [4.78, 5) is 15.6. The molecule has 0 N–H and O–H groups in total. The van der Waals surface area contributed by atoms with E-state index in [9.17, 15) is 4.79 Å². The lowest BCUT2D eigenvalue weighted by molar-refractivity contribution is -0.134. The SMILES string of the molecule is CC(C)c1ccc(OCC(=O)N2CCc3sccc3C2)cc1. The molecule has 0 spiro atoms. The Kier molecular flexibility index (Phi) is 4.48. The van der Waals surface area contributed by atoms with Gasteiger partial charge in [0.1, 0.15) is 5.75 Å². The molecule has 0 aliphatic carbocycles. The van der Waals surface area contributed by atoms with Crippen molar-refractivity contribution in [1.82, 2.24) is 4.90 Å². The van der Waals surface area contributed by atoms with Gasteiger partial charge in [0, 0.05) is 18.0 Å². The van der Waals surface area contributed by atoms with Crippen LogP contribution in [-0.2, 0) is 17.8 Å². The van der Waals surface area contributed by atoms with Crippen molar-refractivity contribution in [2.45, 2.75) is 32.7 Å². The third-order valence-corrected chi connectivity index (χ3v) is 5.09. The summed E-state index contributed by atoms with van der Waals surface area (Å²) in [6.45, 7) is 5.94. The number of thiophene rings is 1. The standard InChI is InChI=1S/C18H21NO2S/c1-13(2)14-3-5-16(6-4-14)21-12-18(20)19-9-7-17-15(11-19)8-10-22-17/h3-6,8,10,13H,7,9,11-12H2,1-2H3. The van der Waals surface area contributed by atoms with Crippen molar-refractivity contribution >= 4 is 17.2 Å². The van der Waals surface area contributed by atoms with Crippen molar-refractivity contribution < 1.29 is 9.53 Å². The lowest BCUT2D eigenvalue weighted by atomic mass is 10.0. The van der Waals surface area contributed by atoms with Crippen molar-refractivity contribution in [3.05, 3.63) is 51.7 Å². The van der Waals surface area contributed by atoms with Crippen LogP contribution in [-0.4, -0.2) is 24.0 Å². The minimum absolute atomic E-state index is 0.0600. The Balaban J connectivity index is 1.54. The number of benzene rings is 1. The van der Waals surface area contributed by atoms with Crippen LogP contribution in [0.3, 0.4) is 0 Å². The van der Waals surface area contributed by atoms with Crippen LogP contribution in [0.5, 0.6) is 5.75 Å². The molecule has 1 aromatic heterocycles. The van der Waals surface area contributed by atoms with Gasteiger partial charge in [0.2, 0.25) is 0 Å². The molecule has 0 saturated heterocycles. The highest BCUT2D eigenvalue weighted by atomic mass is 32.1. The number of amides is 1. The van der Waals surface area contributed by atoms with Crippen LogP contribution in [0.1, 0.15) is 35.8 Å². The van der Waals surface area contributed by atoms with Gasteiger partial charge in [0.25, 0.3) is 5.91 Å². The van der Waals surface area contributed by atoms with Crippen molar-refractivity contribution in [1.29, 1.82) is 0 Å². The van der Waals surface area contributed by atoms with Crippen LogP contribution in [0.25, 0.3) is 0 Å². The molecule has 0 radical (unpaired) electrons. The Morgan fingerprint density at radius 1 is 1.27 bits per heavy atom. The van der Waals surface area contributed by atoms with Gasteiger partial charge in [-0.15, -0.1) is 11.3 Å². The molecule has 0 bridgehead atoms. The topological polar surface area (TPSA) is 29.5 Å². The summed E-state index contributed by atoms with van der Waals surface area (Å²) in [5.41, 5.74) is 2.56. The largest absolute Gasteiger partial charge is 0.484 e. The number of ether oxygens (including phenoxy) is 1. The molecule has 3 nitrogen and oxygen atoms in total. The fourth-order valence-corrected chi connectivity index (χ4v) is 3.54. The minimum atomic E-state index is 0.0600. The third-order valence-electron chi connectivity index (χ3n) is 4.07. The maximum absolute atomic E-state index is 12.3. The zero-order valence-corrected chi connectivity index (χ0v) is 13.9. The quantitative estimate of drug-likeness (QED) is 0.858. The number of carbonyl (C=O) groups excluding carboxylic acids is 1. The Bertz CT molecular complexity index is 645. The zero-order chi connectivity index (χ0) is 15.5. The molecule has 4 heteroatoms. The average molecular weight is 315 g/mol. The molecule has 0 unspecified atom stereocenters. The summed E-state index contributed by atoms with van der Waals surface area (Å²) < 4.78 is 5.64. The molecule has 0 atom stereocenters. The normalized spacial score (nSPS) is 14.0. The molecule has 116 valence electrons. The first kappa shape index (κ1) is 15.1. The molecule has 1 aliphatic heterocycles. The van der Waals surface area contributed by atoms with E-state index in [2.05, 4.69) is 37.4 Å². The summed E-state index contributed by atoms with van der Waals surface area (Å²) in [5.74, 6) is 1.32. The van der Waals surface area contributed by atoms with Crippen molar-refractivity contribution in [3.8, 4) is 5.75 Å². The molecule has 3 rings (SSSR count). The highest BCUT2D eigenvalue weighted by Crippen LogP contribution is 2.24. The first-order chi connectivity index (χ1) is 10.6. The smallest absolute Gasteiger partial charge is 0.260 e. The lowest BCUT2D eigenvalue weighted by Crippen LogP contribution is -2.38. The first-order valence-electron chi connectivity index (χ1n) is 7.69. The molecule has 2 aromatic rings. The van der Waals surface area contributed by atoms with Gasteiger partial charge in [-0.3, -0.25) is 4.79 Å². The van der Waals surface area contributed by atoms with Crippen LogP contribution in [0, 0.1) is 0 Å². The molecule has 1 aliphatic rings. The van der Waals surface area contributed by atoms with E-state index in [-0.39, 0.29) is 12.5 Å². The zero-order valence-electron chi connectivity index (χ0n) is 13.0. The van der Waals surface area contributed by atoms with Crippen molar-refractivity contribution in [2.75, 3.05) is 13.2 Å². The number of nitrogens with zero attached hydrogens (tertiary/aromatic N) is 1. The number of fused-ring (bicyclic) bond motifs is 1. The molecular formula is C18H21NO2S. The fraction of sp³-hybridized carbons (Fsp3) is 0.389. The summed E-state index contributed by atoms with van der Waals surface area (Å²) in [7, 11) is 0. The highest BCUT2D eigenvalue weighted by molar-refractivity contribution is 7.10. The maximum Gasteiger partial charge on any atom is 0.260 e. The molecule has 2 heterocycles. The molecule has 22 heavy (non-hydrogen) atoms. The highest BCUT2D eigenvalue weighted by Gasteiger charge is 2.21. The molecule has 0 saturated carbocycles. The molecule has 1 amide bonds. The van der Waals surface area contributed by atoms with Crippen LogP contribution in [0.4, 0.5) is 0 Å². The van der Waals surface area contributed by atoms with Gasteiger partial charge in [-0.25, -0.2) is 0 Å². The van der Waals surface area contributed by atoms with Gasteiger partial charge < -0.3 is 9.64 Å². The Hall–Kier alpha value is -1.81. The Morgan fingerprint density at radius 2 is 2.05 bits per heavy atom. The molecular weight excluding hydrogens is 294 g/mol. The van der Waals surface area contributed by atoms with Gasteiger partial charge >= 0.3 is 0 Å². The average Bonchev–Trinajstić information content (AvgIpc) is 3.00. The van der Waals surface area contributed by atoms with Crippen LogP contribution in [0.2, 0.25) is 0 Å². The van der Waals surface area contributed by atoms with Gasteiger partial charge in [-0.2, -0.15) is 0 Å². The predicted octanol–water partition coefficient (Wildman–Crippen LogP) is 3.84. The van der Waals surface area contributed by atoms with Crippen LogP contribution >= 0.6 is 11.3 Å². The van der Waals surface area contributed by atoms with Gasteiger partial charge in [0.15, 0.2) is 6.61 Å². The van der Waals surface area contributed by atoms with Crippen LogP contribution < -0.4 is 4.74 Å². The van der Waals surface area contributed by atoms with Crippen molar-refractivity contribution in [3.63, 3.8) is 0 Å². The van der Waals surface area contributed by atoms with Crippen molar-refractivity contribution in [2.24, 2.45) is 0 Å². The summed E-state index contributed by atoms with van der Waals surface area (Å²) in [6, 6.07) is 10.1. The second-order valence-corrected chi connectivity index (χ2v) is 6.95. The van der Waals surface area contributed by atoms with Gasteiger partial charge in [-0.05, 0) is 47.0 Å². The summed E-state index contributed by atoms with van der Waals surface area (Å²) >= 11 is 1.78. The molecule has 1 aromatic carbocycles. The number of hydrogen-bond donors (Lipinski definition) is 0. The fourth-order valence-electron chi connectivity index (χ4n) is 2.65. The van der Waals surface area contributed by atoms with Gasteiger partial charge in [0.05, 0.1) is 0 Å². The summed E-state index contributed by atoms with van der Waals surface area (Å²) in [5, 5.41) is 2.10. The second kappa shape index (κ2) is 6.53. The van der Waals surface area contributed by atoms with E-state index in [4.69, 9.17) is 4.74 Å². The van der Waals surface area contributed by atoms with E-state index in [1.165, 1.54) is 16.0 Å². The minimum Gasteiger partial charge on any atom is -0.484 e. The van der Waals surface area contributed by atoms with Crippen LogP contribution in [0.15, 0.2) is 35.7 Å². The van der Waals surface area contributed by atoms with E-state index < -0.39 is 0 Å². The predicted molar refractivity (Wildman–Crippen MR) is 89.5 cm³/mol. The van der Waals surface area contributed by atoms with Gasteiger partial charge in [-0.1, -0.05) is 26.0 Å². The number of carbonyl (C=O) groups is 1. The Labute approximate surface area is 135 Å². The monoisotopic (exact) mass is 315 g/mol. The maximum atomic E-state index is 12.3. The second-order valence-electron chi connectivity index (χ2n) is 5.95. The first-order valence-corrected chi connectivity index (χ1v) is 8.57. The molecule has 0 fully saturated rings. The lowest BCUT2D eigenvalue weighted by Gasteiger charge is -2.27. The van der Waals surface area contributed by atoms with E-state index in [1.807, 2.05) is 17.0 Å². The third kappa shape index (κ3) is 3.33. The van der Waals surface area contributed by atoms with E-state index in [1.54, 1.807) is 11.3 Å². The number of hydrogen-bond acceptors (Lipinski definition) is 3. The van der Waals surface area contributed by atoms with E-state index in [0.717, 1.165) is 18.7 Å². The van der Waals surface area contributed by atoms with E-state index in [0.29, 0.717) is 12.5 Å². The number of rotatable bonds is 4. The Morgan fingerprint density at radius 3 is 2.77 bits per heavy atom. The summed E-state index contributed by atoms with van der Waals surface area (Å²) in [6.07, 6.45) is 0.960. The van der Waals surface area contributed by atoms with E-state index >= 15 is 0 Å².